The van der Waals surface area contributed by atoms with Gasteiger partial charge in [-0.05, 0) is 174 Å². The van der Waals surface area contributed by atoms with Gasteiger partial charge in [0.1, 0.15) is 16.8 Å². The minimum atomic E-state index is -2.24. The molecule has 10 rings (SSSR count). The topological polar surface area (TPSA) is 303 Å². The molecule has 0 aliphatic heterocycles. The molecule has 2 N–H and O–H groups in total. The van der Waals surface area contributed by atoms with E-state index in [1.807, 2.05) is 69.2 Å². The van der Waals surface area contributed by atoms with Gasteiger partial charge in [-0.2, -0.15) is 0 Å². The molecule has 0 unspecified atom stereocenters. The molecule has 10 aromatic rings. The number of alkyl halides is 1. The fraction of sp³-hybridized carbons (Fsp3) is 0.402. The predicted molar refractivity (Wildman–Crippen MR) is 556 cm³/mol. The summed E-state index contributed by atoms with van der Waals surface area (Å²) in [7, 11) is 8.74. The second-order valence-electron chi connectivity index (χ2n) is 32.3. The molecule has 732 valence electrons. The molecule has 4 heterocycles. The van der Waals surface area contributed by atoms with Crippen LogP contribution >= 0.6 is 82.7 Å². The number of unbranched alkanes of at least 4 members (excludes halogenated alkanes) is 3. The van der Waals surface area contributed by atoms with Crippen LogP contribution in [0.4, 0.5) is 0 Å². The van der Waals surface area contributed by atoms with E-state index < -0.39 is 51.4 Å². The maximum absolute atomic E-state index is 11.5. The molecule has 0 spiro atoms. The van der Waals surface area contributed by atoms with E-state index in [1.165, 1.54) is 119 Å². The molecule has 134 heavy (non-hydrogen) atoms. The van der Waals surface area contributed by atoms with Gasteiger partial charge in [0, 0.05) is 37.9 Å². The number of carbonyl (C=O) groups excluding carboxylic acids is 4. The average Bonchev–Trinajstić information content (AvgIpc) is 0.818. The number of benzene rings is 6. The Labute approximate surface area is 843 Å². The van der Waals surface area contributed by atoms with Gasteiger partial charge in [0.05, 0.1) is 76.0 Å². The van der Waals surface area contributed by atoms with Gasteiger partial charge in [0.2, 0.25) is 0 Å². The molecule has 0 aliphatic rings. The van der Waals surface area contributed by atoms with Crippen molar-refractivity contribution in [1.29, 1.82) is 0 Å². The third-order valence-corrected chi connectivity index (χ3v) is 38.8. The maximum Gasteiger partial charge on any atom is -0.0134 e. The molecule has 0 saturated heterocycles. The number of halogens is 5. The summed E-state index contributed by atoms with van der Waals surface area (Å²) in [5.74, 6) is 1.01. The normalized spacial score (nSPS) is 10.6. The van der Waals surface area contributed by atoms with Crippen LogP contribution in [0.25, 0.3) is 5.76 Å². The number of carbonyl (C=O) groups is 5. The summed E-state index contributed by atoms with van der Waals surface area (Å²) >= 11 is 7.05. The van der Waals surface area contributed by atoms with Crippen molar-refractivity contribution < 1.29 is 88.0 Å². The van der Waals surface area contributed by atoms with Gasteiger partial charge in [-0.25, -0.2) is 39.9 Å². The van der Waals surface area contributed by atoms with Crippen LogP contribution in [0.15, 0.2) is 258 Å². The summed E-state index contributed by atoms with van der Waals surface area (Å²) in [5.41, 5.74) is -1.23. The van der Waals surface area contributed by atoms with Gasteiger partial charge in [0.25, 0.3) is 0 Å². The Balaban J connectivity index is 0.000000522. The number of ketones is 1. The Kier molecular flexibility index (Phi) is 65.6. The van der Waals surface area contributed by atoms with Gasteiger partial charge in [-0.1, -0.05) is 204 Å². The minimum Gasteiger partial charge on any atom is -0.0622 e. The van der Waals surface area contributed by atoms with E-state index >= 15 is 0 Å². The quantitative estimate of drug-likeness (QED) is 0.00415. The predicted octanol–water partition coefficient (Wildman–Crippen LogP) is 24.3. The number of Topliss-reactive ketones (excluding diaryl/α,β-unsaturated/α-hetero) is 1. The number of rotatable bonds is 40. The monoisotopic (exact) mass is 2310 g/mol. The smallest absolute Gasteiger partial charge is 0.0134 e. The Morgan fingerprint density at radius 3 is 0.910 bits per heavy atom. The van der Waals surface area contributed by atoms with Crippen LogP contribution < -0.4 is 46.0 Å². The number of aromatic nitrogens is 8. The van der Waals surface area contributed by atoms with Crippen LogP contribution in [-0.4, -0.2) is 153 Å². The van der Waals surface area contributed by atoms with E-state index in [0.29, 0.717) is 96.6 Å². The molecule has 0 radical (unpaired) electrons. The van der Waals surface area contributed by atoms with Crippen molar-refractivity contribution in [2.75, 3.05) is 38.4 Å². The molecular weight excluding hydrogens is 2170 g/mol. The summed E-state index contributed by atoms with van der Waals surface area (Å²) in [5, 5.41) is 26.2. The molecule has 0 fully saturated rings. The molecule has 4 aromatic heterocycles. The molecule has 23 nitrogen and oxygen atoms in total. The Morgan fingerprint density at radius 1 is 0.403 bits per heavy atom. The van der Waals surface area contributed by atoms with Crippen molar-refractivity contribution in [3.8, 4) is 23.0 Å². The van der Waals surface area contributed by atoms with Crippen LogP contribution in [0.5, 0.6) is 23.0 Å². The number of carboxylic acid groups (broad SMARTS) is 1. The molecule has 0 bridgehead atoms. The third-order valence-electron chi connectivity index (χ3n) is 17.5. The maximum atomic E-state index is 11.5. The molecular formula is C102H135Br3Cl2N8O15P2PdSn. The zero-order valence-corrected chi connectivity index (χ0v) is 92.5. The van der Waals surface area contributed by atoms with Crippen molar-refractivity contribution in [2.45, 2.75) is 224 Å². The second kappa shape index (κ2) is 72.2. The summed E-state index contributed by atoms with van der Waals surface area (Å²) in [6.45, 7) is 39.5. The fourth-order valence-electron chi connectivity index (χ4n) is 11.7. The van der Waals surface area contributed by atoms with E-state index in [9.17, 15) is 24.0 Å². The molecule has 32 heteroatoms. The summed E-state index contributed by atoms with van der Waals surface area (Å²) < 4.78 is 49.3. The molecule has 6 aromatic carbocycles. The van der Waals surface area contributed by atoms with Crippen molar-refractivity contribution in [3.63, 3.8) is 0 Å². The zero-order chi connectivity index (χ0) is 99.4. The van der Waals surface area contributed by atoms with E-state index in [0.717, 1.165) is 18.4 Å². The summed E-state index contributed by atoms with van der Waals surface area (Å²) in [6, 6.07) is 64.7. The molecule has 0 atom stereocenters. The molecule has 0 aliphatic carbocycles. The Bertz CT molecular complexity index is 4470. The molecule has 0 saturated carbocycles. The number of ether oxygens (including phenoxy) is 8. The minimum absolute atomic E-state index is 0.0619. The van der Waals surface area contributed by atoms with E-state index in [-0.39, 0.29) is 69.8 Å². The Morgan fingerprint density at radius 2 is 0.664 bits per heavy atom. The number of aliphatic carboxylic acids is 1. The van der Waals surface area contributed by atoms with Crippen molar-refractivity contribution in [2.24, 2.45) is 0 Å². The van der Waals surface area contributed by atoms with Crippen LogP contribution in [0.3, 0.4) is 0 Å². The van der Waals surface area contributed by atoms with Gasteiger partial charge in [-0.15, -0.1) is 0 Å². The summed E-state index contributed by atoms with van der Waals surface area (Å²) in [4.78, 5) is 85.9. The number of aromatic hydroxyl groups is 1. The van der Waals surface area contributed by atoms with Gasteiger partial charge in [0.15, 0.2) is 55.7 Å². The molecule has 0 amide bonds. The number of hydrogen-bond donors (Lipinski definition) is 2. The standard InChI is InChI=1S/2C18H15P.C16H24N2O4.C12H17BrN2O3.C10H12N2O4.C8H15BrO2.C4H3BrN2O.C4H7O.3C4H9.2ClH.Pd.Sn/c2*1-4-10-16(11-5-1)19(17-12-6-2-7-13-17)18-14-8-3-9-15-18;1-6-20-12(2)15-17-10-13(11-18-15)21-9-7-8-14(19)22-16(3,4)5;1-12(2,3)18-10(16)5-4-6-17-9-7-14-11(13)15-8-9;1-7(13)10-11-5-8(6-12-10)16-4-2-3-9(14)15;1-8(2,3)11-7(10)5-4-6-9;5-4-6-1-3(8)2-7-4;1-3-5-4-2;3*1-3-4-2;;;;/h2*1-15H;10-11H,2,6-9H2,1,3-5H3;7-8H,4-6H2,1-3H3;5-6H,2-4H2,1H3,(H,14,15);4-6H2,1-3H3;1-2,8H;1,4H2,2H3;3*1,3-4H2,2H3;2*1H;;/q;;;;;;;;;;;;;+2;/p-2. The van der Waals surface area contributed by atoms with Gasteiger partial charge in [-0.3, -0.25) is 24.0 Å². The first kappa shape index (κ1) is 122. The third kappa shape index (κ3) is 58.4. The Hall–Kier alpha value is -8.19. The van der Waals surface area contributed by atoms with Crippen molar-refractivity contribution in [1.82, 2.24) is 39.9 Å². The second-order valence-corrected chi connectivity index (χ2v) is 54.5. The largest absolute Gasteiger partial charge is 0.0622 e. The number of esters is 3. The zero-order valence-electron chi connectivity index (χ0n) is 80.0. The van der Waals surface area contributed by atoms with E-state index in [4.69, 9.17) is 67.2 Å². The van der Waals surface area contributed by atoms with Crippen molar-refractivity contribution in [3.05, 3.63) is 270 Å². The van der Waals surface area contributed by atoms with Crippen LogP contribution in [-0.2, 0) is 58.8 Å². The first-order valence-electron chi connectivity index (χ1n) is 44.5. The van der Waals surface area contributed by atoms with Gasteiger partial charge >= 0.3 is 178 Å². The SMILES string of the molecule is C=C(OCC)c1ncc(OCCCC(=O)OC(C)(C)C)cn1.C=[C](OCC)[Sn]([CH2]CCC)([CH2]CCC)[CH2]CCC.CC(=O)c1ncc(OCCCC(=O)O)cn1.CC(C)(C)OC(=O)CCCBr.CC(C)(C)OC(=O)CCCOc1cnc(Br)nc1.Oc1cnc(Br)nc1.[Cl][Pd][Cl].c1ccc(P(c2ccccc2)c2ccccc2)cc1.c1ccc(P(c2ccccc2)c2ccccc2)cc1. The van der Waals surface area contributed by atoms with Gasteiger partial charge < -0.3 is 43.4 Å². The number of carboxylic acids is 1. The number of nitrogens with zero attached hydrogens (tertiary/aromatic N) is 8. The average molecular weight is 2310 g/mol. The van der Waals surface area contributed by atoms with Crippen LogP contribution in [0, 0.1) is 0 Å². The first-order chi connectivity index (χ1) is 64.0. The summed E-state index contributed by atoms with van der Waals surface area (Å²) in [6.07, 6.45) is 23.4. The van der Waals surface area contributed by atoms with E-state index in [2.05, 4.69) is 311 Å². The number of hydrogen-bond acceptors (Lipinski definition) is 22. The van der Waals surface area contributed by atoms with E-state index in [1.54, 1.807) is 24.8 Å². The van der Waals surface area contributed by atoms with Crippen LogP contribution in [0.1, 0.15) is 210 Å². The first-order valence-corrected chi connectivity index (χ1v) is 61.4. The van der Waals surface area contributed by atoms with Crippen LogP contribution in [0.2, 0.25) is 13.3 Å². The van der Waals surface area contributed by atoms with Crippen molar-refractivity contribution >= 4 is 168 Å². The fourth-order valence-corrected chi connectivity index (χ4v) is 31.6.